The minimum atomic E-state index is 0.601. The molecule has 0 spiro atoms. The summed E-state index contributed by atoms with van der Waals surface area (Å²) in [6, 6.07) is 66.2. The number of anilines is 3. The lowest BCUT2D eigenvalue weighted by Crippen LogP contribution is -2.10. The van der Waals surface area contributed by atoms with Crippen molar-refractivity contribution in [3.63, 3.8) is 0 Å². The number of nitrogens with zero attached hydrogens (tertiary/aromatic N) is 3. The Morgan fingerprint density at radius 3 is 1.90 bits per heavy atom. The van der Waals surface area contributed by atoms with Crippen molar-refractivity contribution < 1.29 is 4.42 Å². The first kappa shape index (κ1) is 29.0. The molecule has 0 aliphatic carbocycles. The van der Waals surface area contributed by atoms with Crippen molar-refractivity contribution in [2.75, 3.05) is 4.90 Å². The zero-order valence-corrected chi connectivity index (χ0v) is 27.6. The van der Waals surface area contributed by atoms with Crippen molar-refractivity contribution in [2.24, 2.45) is 0 Å². The number of para-hydroxylation sites is 2. The van der Waals surface area contributed by atoms with Gasteiger partial charge in [0.05, 0.1) is 16.7 Å². The second-order valence-corrected chi connectivity index (χ2v) is 12.8. The first-order chi connectivity index (χ1) is 25.3. The Bertz CT molecular complexity index is 2840. The van der Waals surface area contributed by atoms with E-state index in [4.69, 9.17) is 9.40 Å². The largest absolute Gasteiger partial charge is 0.434 e. The van der Waals surface area contributed by atoms with E-state index in [9.17, 15) is 0 Å². The van der Waals surface area contributed by atoms with Gasteiger partial charge in [0, 0.05) is 38.8 Å². The maximum Gasteiger partial charge on any atom is 0.227 e. The Morgan fingerprint density at radius 2 is 1.12 bits per heavy atom. The molecule has 0 atom stereocenters. The second kappa shape index (κ2) is 11.9. The predicted molar refractivity (Wildman–Crippen MR) is 211 cm³/mol. The molecule has 10 aromatic rings. The van der Waals surface area contributed by atoms with Gasteiger partial charge in [-0.2, -0.15) is 0 Å². The maximum atomic E-state index is 6.62. The average molecular weight is 654 g/mol. The van der Waals surface area contributed by atoms with Crippen LogP contribution < -0.4 is 4.90 Å². The molecule has 0 radical (unpaired) electrons. The number of hydrogen-bond donors (Lipinski definition) is 0. The van der Waals surface area contributed by atoms with Crippen LogP contribution in [0.25, 0.3) is 71.9 Å². The van der Waals surface area contributed by atoms with E-state index in [2.05, 4.69) is 161 Å². The summed E-state index contributed by atoms with van der Waals surface area (Å²) in [6.07, 6.45) is 0. The summed E-state index contributed by atoms with van der Waals surface area (Å²) in [5.74, 6) is 0.601. The van der Waals surface area contributed by atoms with E-state index < -0.39 is 0 Å². The summed E-state index contributed by atoms with van der Waals surface area (Å²) in [6.45, 7) is 0. The van der Waals surface area contributed by atoms with Gasteiger partial charge in [-0.25, -0.2) is 4.98 Å². The molecular weight excluding hydrogens is 623 g/mol. The minimum Gasteiger partial charge on any atom is -0.434 e. The molecule has 0 unspecified atom stereocenters. The fraction of sp³-hybridized carbons (Fsp3) is 0. The number of hydrogen-bond acceptors (Lipinski definition) is 3. The molecule has 2 heterocycles. The van der Waals surface area contributed by atoms with Gasteiger partial charge in [-0.15, -0.1) is 0 Å². The van der Waals surface area contributed by atoms with E-state index in [1.54, 1.807) is 0 Å². The standard InChI is InChI=1S/C47H31N3O/c1-4-13-32(14-5-1)33-23-26-37(27-24-33)49(43-22-12-21-42-46(43)51-47(48-42)35-16-6-2-7-17-35)38-28-30-40-41-29-25-34-15-10-11-20-39(34)45(41)50(44(40)31-38)36-18-8-3-9-19-36/h1-31H. The molecule has 0 aliphatic heterocycles. The molecule has 0 N–H and O–H groups in total. The quantitative estimate of drug-likeness (QED) is 0.179. The Balaban J connectivity index is 1.23. The minimum absolute atomic E-state index is 0.601. The molecule has 2 aromatic heterocycles. The molecule has 10 rings (SSSR count). The van der Waals surface area contributed by atoms with Crippen molar-refractivity contribution in [3.8, 4) is 28.3 Å². The van der Waals surface area contributed by atoms with E-state index in [0.717, 1.165) is 50.5 Å². The van der Waals surface area contributed by atoms with Crippen molar-refractivity contribution >= 4 is 60.7 Å². The Labute approximate surface area is 295 Å². The number of benzene rings is 8. The zero-order chi connectivity index (χ0) is 33.7. The van der Waals surface area contributed by atoms with Gasteiger partial charge >= 0.3 is 0 Å². The van der Waals surface area contributed by atoms with Crippen molar-refractivity contribution in [3.05, 3.63) is 188 Å². The highest BCUT2D eigenvalue weighted by atomic mass is 16.3. The summed E-state index contributed by atoms with van der Waals surface area (Å²) >= 11 is 0. The highest BCUT2D eigenvalue weighted by Crippen LogP contribution is 2.44. The Kier molecular flexibility index (Phi) is 6.78. The smallest absolute Gasteiger partial charge is 0.227 e. The first-order valence-electron chi connectivity index (χ1n) is 17.2. The molecule has 0 aliphatic rings. The predicted octanol–water partition coefficient (Wildman–Crippen LogP) is 12.9. The van der Waals surface area contributed by atoms with E-state index in [-0.39, 0.29) is 0 Å². The van der Waals surface area contributed by atoms with E-state index in [1.807, 2.05) is 36.4 Å². The van der Waals surface area contributed by atoms with Gasteiger partial charge in [0.25, 0.3) is 0 Å². The molecule has 0 fully saturated rings. The third kappa shape index (κ3) is 4.88. The molecule has 8 aromatic carbocycles. The fourth-order valence-electron chi connectivity index (χ4n) is 7.43. The summed E-state index contributed by atoms with van der Waals surface area (Å²) in [7, 11) is 0. The maximum absolute atomic E-state index is 6.62. The van der Waals surface area contributed by atoms with Crippen molar-refractivity contribution in [1.82, 2.24) is 9.55 Å². The monoisotopic (exact) mass is 653 g/mol. The zero-order valence-electron chi connectivity index (χ0n) is 27.6. The van der Waals surface area contributed by atoms with Gasteiger partial charge < -0.3 is 13.9 Å². The molecule has 0 bridgehead atoms. The lowest BCUT2D eigenvalue weighted by molar-refractivity contribution is 0.620. The second-order valence-electron chi connectivity index (χ2n) is 12.8. The molecule has 0 amide bonds. The SMILES string of the molecule is c1ccc(-c2ccc(N(c3ccc4c5ccc6ccccc6c5n(-c5ccccc5)c4c3)c3cccc4nc(-c5ccccc5)oc34)cc2)cc1. The van der Waals surface area contributed by atoms with E-state index in [0.29, 0.717) is 5.89 Å². The molecule has 0 saturated carbocycles. The lowest BCUT2D eigenvalue weighted by atomic mass is 10.0. The highest BCUT2D eigenvalue weighted by Gasteiger charge is 2.22. The molecule has 0 saturated heterocycles. The van der Waals surface area contributed by atoms with Crippen LogP contribution in [0.1, 0.15) is 0 Å². The van der Waals surface area contributed by atoms with Gasteiger partial charge in [0.15, 0.2) is 5.58 Å². The van der Waals surface area contributed by atoms with Crippen molar-refractivity contribution in [1.29, 1.82) is 0 Å². The number of aromatic nitrogens is 2. The highest BCUT2D eigenvalue weighted by molar-refractivity contribution is 6.19. The number of fused-ring (bicyclic) bond motifs is 6. The van der Waals surface area contributed by atoms with Gasteiger partial charge in [-0.1, -0.05) is 127 Å². The van der Waals surface area contributed by atoms with E-state index in [1.165, 1.54) is 32.6 Å². The van der Waals surface area contributed by atoms with Crippen molar-refractivity contribution in [2.45, 2.75) is 0 Å². The summed E-state index contributed by atoms with van der Waals surface area (Å²) in [4.78, 5) is 7.22. The fourth-order valence-corrected chi connectivity index (χ4v) is 7.43. The van der Waals surface area contributed by atoms with Crippen LogP contribution in [0.15, 0.2) is 192 Å². The topological polar surface area (TPSA) is 34.2 Å². The average Bonchev–Trinajstić information content (AvgIpc) is 3.80. The van der Waals surface area contributed by atoms with Gasteiger partial charge in [0.1, 0.15) is 5.52 Å². The summed E-state index contributed by atoms with van der Waals surface area (Å²) in [5.41, 5.74) is 11.2. The number of oxazole rings is 1. The van der Waals surface area contributed by atoms with E-state index >= 15 is 0 Å². The van der Waals surface area contributed by atoms with Crippen LogP contribution in [-0.2, 0) is 0 Å². The van der Waals surface area contributed by atoms with Crippen LogP contribution >= 0.6 is 0 Å². The summed E-state index contributed by atoms with van der Waals surface area (Å²) < 4.78 is 9.03. The van der Waals surface area contributed by atoms with Gasteiger partial charge in [0.2, 0.25) is 5.89 Å². The molecular formula is C47H31N3O. The lowest BCUT2D eigenvalue weighted by Gasteiger charge is -2.26. The van der Waals surface area contributed by atoms with Crippen LogP contribution in [0.4, 0.5) is 17.1 Å². The van der Waals surface area contributed by atoms with Crippen LogP contribution in [0.2, 0.25) is 0 Å². The third-order valence-corrected chi connectivity index (χ3v) is 9.80. The molecule has 4 heteroatoms. The molecule has 240 valence electrons. The molecule has 4 nitrogen and oxygen atoms in total. The Hall–Kier alpha value is -6.91. The van der Waals surface area contributed by atoms with Gasteiger partial charge in [-0.05, 0) is 77.2 Å². The number of rotatable bonds is 6. The normalized spacial score (nSPS) is 11.5. The van der Waals surface area contributed by atoms with Crippen LogP contribution in [0.3, 0.4) is 0 Å². The van der Waals surface area contributed by atoms with Crippen LogP contribution in [-0.4, -0.2) is 9.55 Å². The van der Waals surface area contributed by atoms with Crippen LogP contribution in [0, 0.1) is 0 Å². The summed E-state index contributed by atoms with van der Waals surface area (Å²) in [5, 5.41) is 4.87. The van der Waals surface area contributed by atoms with Crippen LogP contribution in [0.5, 0.6) is 0 Å². The first-order valence-corrected chi connectivity index (χ1v) is 17.2. The molecule has 51 heavy (non-hydrogen) atoms. The third-order valence-electron chi connectivity index (χ3n) is 9.80. The Morgan fingerprint density at radius 1 is 0.471 bits per heavy atom. The van der Waals surface area contributed by atoms with Gasteiger partial charge in [-0.3, -0.25) is 0 Å².